The highest BCUT2D eigenvalue weighted by atomic mass is 19.4. The molecule has 0 aliphatic heterocycles. The molecule has 2 saturated carbocycles. The van der Waals surface area contributed by atoms with Gasteiger partial charge in [0.2, 0.25) is 0 Å². The molecular weight excluding hydrogens is 473 g/mol. The molecule has 2 aliphatic rings. The van der Waals surface area contributed by atoms with E-state index in [2.05, 4.69) is 11.7 Å². The SMILES string of the molecule is CCC[C@H]1CC[C@H]([C@H]2CC[C@H](CCc3ccc(OCC(F)(F)C(F)(F)C(F)(F)F)cc3)CC2)CC1. The lowest BCUT2D eigenvalue weighted by atomic mass is 9.68. The summed E-state index contributed by atoms with van der Waals surface area (Å²) in [5.74, 6) is -8.36. The predicted octanol–water partition coefficient (Wildman–Crippen LogP) is 9.24. The van der Waals surface area contributed by atoms with E-state index in [1.165, 1.54) is 76.3 Å². The van der Waals surface area contributed by atoms with Gasteiger partial charge >= 0.3 is 18.0 Å². The van der Waals surface area contributed by atoms with Crippen molar-refractivity contribution in [3.8, 4) is 5.75 Å². The van der Waals surface area contributed by atoms with Gasteiger partial charge in [0, 0.05) is 0 Å². The first-order valence-electron chi connectivity index (χ1n) is 13.0. The van der Waals surface area contributed by atoms with Crippen LogP contribution in [0.15, 0.2) is 24.3 Å². The van der Waals surface area contributed by atoms with Crippen LogP contribution in [0.25, 0.3) is 0 Å². The summed E-state index contributed by atoms with van der Waals surface area (Å²) in [6, 6.07) is 5.97. The van der Waals surface area contributed by atoms with Crippen molar-refractivity contribution >= 4 is 0 Å². The molecule has 0 radical (unpaired) electrons. The van der Waals surface area contributed by atoms with E-state index in [0.29, 0.717) is 5.92 Å². The van der Waals surface area contributed by atoms with E-state index in [1.54, 1.807) is 12.1 Å². The van der Waals surface area contributed by atoms with Crippen LogP contribution in [0.1, 0.15) is 83.1 Å². The van der Waals surface area contributed by atoms with E-state index in [4.69, 9.17) is 0 Å². The molecular formula is C27H37F7O. The van der Waals surface area contributed by atoms with Gasteiger partial charge in [0.15, 0.2) is 6.61 Å². The van der Waals surface area contributed by atoms with Crippen molar-refractivity contribution in [1.82, 2.24) is 0 Å². The Labute approximate surface area is 203 Å². The van der Waals surface area contributed by atoms with E-state index >= 15 is 0 Å². The van der Waals surface area contributed by atoms with Crippen LogP contribution in [0.4, 0.5) is 30.7 Å². The quantitative estimate of drug-likeness (QED) is 0.285. The zero-order valence-electron chi connectivity index (χ0n) is 20.4. The van der Waals surface area contributed by atoms with Crippen molar-refractivity contribution in [2.24, 2.45) is 23.7 Å². The predicted molar refractivity (Wildman–Crippen MR) is 122 cm³/mol. The Balaban J connectivity index is 1.38. The van der Waals surface area contributed by atoms with Gasteiger partial charge in [0.25, 0.3) is 0 Å². The van der Waals surface area contributed by atoms with Crippen molar-refractivity contribution in [3.63, 3.8) is 0 Å². The summed E-state index contributed by atoms with van der Waals surface area (Å²) >= 11 is 0. The molecule has 0 bridgehead atoms. The zero-order valence-corrected chi connectivity index (χ0v) is 20.4. The standard InChI is InChI=1S/C27H37F7O/c1-2-3-19-6-12-22(13-7-19)23-14-8-20(9-15-23)4-5-21-10-16-24(17-11-21)35-18-25(28,29)26(30,31)27(32,33)34/h10-11,16-17,19-20,22-23H,2-9,12-15,18H2,1H3/t19-,20-,22-,23-. The molecule has 0 atom stereocenters. The van der Waals surface area contributed by atoms with E-state index < -0.39 is 24.6 Å². The Morgan fingerprint density at radius 2 is 1.20 bits per heavy atom. The first-order chi connectivity index (χ1) is 16.4. The van der Waals surface area contributed by atoms with Crippen LogP contribution in [0, 0.1) is 23.7 Å². The van der Waals surface area contributed by atoms with E-state index in [0.717, 1.165) is 36.2 Å². The van der Waals surface area contributed by atoms with Crippen molar-refractivity contribution in [3.05, 3.63) is 29.8 Å². The third-order valence-corrected chi connectivity index (χ3v) is 8.15. The summed E-state index contributed by atoms with van der Waals surface area (Å²) in [5, 5.41) is 0. The highest BCUT2D eigenvalue weighted by Crippen LogP contribution is 2.47. The minimum Gasteiger partial charge on any atom is -0.487 e. The van der Waals surface area contributed by atoms with Crippen molar-refractivity contribution < 1.29 is 35.5 Å². The Morgan fingerprint density at radius 1 is 0.714 bits per heavy atom. The fourth-order valence-electron chi connectivity index (χ4n) is 5.90. The Hall–Kier alpha value is -1.47. The highest BCUT2D eigenvalue weighted by Gasteiger charge is 2.73. The van der Waals surface area contributed by atoms with Crippen LogP contribution in [-0.4, -0.2) is 24.6 Å². The number of ether oxygens (including phenoxy) is 1. The number of hydrogen-bond donors (Lipinski definition) is 0. The molecule has 1 nitrogen and oxygen atoms in total. The van der Waals surface area contributed by atoms with Gasteiger partial charge in [-0.2, -0.15) is 30.7 Å². The van der Waals surface area contributed by atoms with Crippen LogP contribution >= 0.6 is 0 Å². The van der Waals surface area contributed by atoms with Gasteiger partial charge in [0.1, 0.15) is 5.75 Å². The largest absolute Gasteiger partial charge is 0.487 e. The molecule has 0 saturated heterocycles. The van der Waals surface area contributed by atoms with E-state index in [-0.39, 0.29) is 5.75 Å². The first kappa shape index (κ1) is 28.1. The minimum absolute atomic E-state index is 0.166. The monoisotopic (exact) mass is 510 g/mol. The summed E-state index contributed by atoms with van der Waals surface area (Å²) in [5.41, 5.74) is 0.959. The first-order valence-corrected chi connectivity index (χ1v) is 13.0. The fraction of sp³-hybridized carbons (Fsp3) is 0.778. The van der Waals surface area contributed by atoms with Crippen LogP contribution < -0.4 is 4.74 Å². The minimum atomic E-state index is -6.35. The van der Waals surface area contributed by atoms with Gasteiger partial charge in [-0.3, -0.25) is 0 Å². The maximum Gasteiger partial charge on any atom is 0.460 e. The summed E-state index contributed by atoms with van der Waals surface area (Å²) in [6.07, 6.45) is 8.70. The topological polar surface area (TPSA) is 9.23 Å². The lowest BCUT2D eigenvalue weighted by Crippen LogP contribution is -2.54. The average Bonchev–Trinajstić information content (AvgIpc) is 2.82. The number of halogens is 7. The second-order valence-corrected chi connectivity index (χ2v) is 10.6. The summed E-state index contributed by atoms with van der Waals surface area (Å²) in [4.78, 5) is 0. The lowest BCUT2D eigenvalue weighted by Gasteiger charge is -2.38. The maximum absolute atomic E-state index is 13.4. The van der Waals surface area contributed by atoms with Gasteiger partial charge in [-0.1, -0.05) is 57.6 Å². The van der Waals surface area contributed by atoms with Gasteiger partial charge in [-0.25, -0.2) is 0 Å². The molecule has 8 heteroatoms. The molecule has 0 amide bonds. The molecule has 0 unspecified atom stereocenters. The van der Waals surface area contributed by atoms with Crippen LogP contribution in [0.2, 0.25) is 0 Å². The van der Waals surface area contributed by atoms with Crippen molar-refractivity contribution in [1.29, 1.82) is 0 Å². The summed E-state index contributed by atoms with van der Waals surface area (Å²) < 4.78 is 93.9. The number of hydrogen-bond acceptors (Lipinski definition) is 1. The second-order valence-electron chi connectivity index (χ2n) is 10.6. The molecule has 0 spiro atoms. The second kappa shape index (κ2) is 11.7. The molecule has 1 aromatic carbocycles. The molecule has 35 heavy (non-hydrogen) atoms. The smallest absolute Gasteiger partial charge is 0.460 e. The Morgan fingerprint density at radius 3 is 1.66 bits per heavy atom. The molecule has 0 heterocycles. The van der Waals surface area contributed by atoms with Gasteiger partial charge in [-0.15, -0.1) is 0 Å². The van der Waals surface area contributed by atoms with Crippen LogP contribution in [-0.2, 0) is 6.42 Å². The third kappa shape index (κ3) is 7.28. The number of alkyl halides is 7. The van der Waals surface area contributed by atoms with Crippen LogP contribution in [0.5, 0.6) is 5.75 Å². The average molecular weight is 511 g/mol. The third-order valence-electron chi connectivity index (χ3n) is 8.15. The highest BCUT2D eigenvalue weighted by molar-refractivity contribution is 5.27. The molecule has 3 rings (SSSR count). The van der Waals surface area contributed by atoms with Gasteiger partial charge < -0.3 is 4.74 Å². The number of aryl methyl sites for hydroxylation is 1. The zero-order chi connectivity index (χ0) is 25.7. The number of benzene rings is 1. The summed E-state index contributed by atoms with van der Waals surface area (Å²) in [6.45, 7) is 0.214. The van der Waals surface area contributed by atoms with E-state index in [1.807, 2.05) is 0 Å². The van der Waals surface area contributed by atoms with Gasteiger partial charge in [0.05, 0.1) is 0 Å². The molecule has 0 N–H and O–H groups in total. The Bertz CT molecular complexity index is 759. The van der Waals surface area contributed by atoms with Crippen molar-refractivity contribution in [2.75, 3.05) is 6.61 Å². The van der Waals surface area contributed by atoms with Crippen molar-refractivity contribution in [2.45, 2.75) is 102 Å². The van der Waals surface area contributed by atoms with Gasteiger partial charge in [-0.05, 0) is 79.9 Å². The Kier molecular flexibility index (Phi) is 9.41. The number of rotatable bonds is 10. The van der Waals surface area contributed by atoms with E-state index in [9.17, 15) is 30.7 Å². The molecule has 200 valence electrons. The fourth-order valence-corrected chi connectivity index (χ4v) is 5.90. The molecule has 0 aromatic heterocycles. The maximum atomic E-state index is 13.4. The van der Waals surface area contributed by atoms with Crippen LogP contribution in [0.3, 0.4) is 0 Å². The molecule has 2 fully saturated rings. The lowest BCUT2D eigenvalue weighted by molar-refractivity contribution is -0.358. The molecule has 1 aromatic rings. The normalized spacial score (nSPS) is 26.5. The summed E-state index contributed by atoms with van der Waals surface area (Å²) in [7, 11) is 0. The molecule has 2 aliphatic carbocycles.